The molecule has 0 bridgehead atoms. The summed E-state index contributed by atoms with van der Waals surface area (Å²) in [6, 6.07) is 22.4. The number of allylic oxidation sites excluding steroid dienone is 1. The normalized spacial score (nSPS) is 12.3. The van der Waals surface area contributed by atoms with E-state index < -0.39 is 43.2 Å². The standard InChI is InChI=1S/C16H16N4O5S.C16H14N4O4S2.Co/c1-10(21)15(16(23)18-11-5-3-2-4-6-11)20-19-13-9-12(26(17,24)25)7-8-14(13)22;1-9(21)15(16-18-11-4-2-3-5-14(11)25-16)20-19-12-8-10(26(17,23)24)6-7-13(12)22;/h2-9,21-22H,1H3,(H,18,23)(H2,17,24,25);2-8,19,22H,1H3,(H2,17,23,24);/b15-10-,20-19?;;. The number of nitrogens with zero attached hydrogens (tertiary/aromatic N) is 4. The number of quaternary nitrogens is 1. The number of rotatable bonds is 10. The number of nitrogens with two attached hydrogens (primary N) is 1. The number of sulfonamides is 2. The number of primary sulfonamides is 1. The van der Waals surface area contributed by atoms with Crippen molar-refractivity contribution in [3.63, 3.8) is 0 Å². The van der Waals surface area contributed by atoms with E-state index in [1.807, 2.05) is 24.3 Å². The number of Topliss-reactive ketones (excluding diaryl/α,β-unsaturated/α-hetero) is 1. The molecule has 9 N–H and O–H groups in total. The molecule has 17 nitrogen and oxygen atoms in total. The van der Waals surface area contributed by atoms with Crippen molar-refractivity contribution in [1.82, 2.24) is 4.98 Å². The van der Waals surface area contributed by atoms with Crippen LogP contribution in [-0.4, -0.2) is 49.4 Å². The number of azo groups is 1. The number of fused-ring (bicyclic) bond motifs is 1. The van der Waals surface area contributed by atoms with Gasteiger partial charge in [-0.1, -0.05) is 42.1 Å². The summed E-state index contributed by atoms with van der Waals surface area (Å²) in [7, 11) is -7.73. The van der Waals surface area contributed by atoms with Crippen LogP contribution >= 0.6 is 11.3 Å². The molecule has 0 spiro atoms. The number of phenolic OH excluding ortho intramolecular Hbond substituents is 1. The zero-order valence-corrected chi connectivity index (χ0v) is 31.0. The fourth-order valence-electron chi connectivity index (χ4n) is 4.01. The van der Waals surface area contributed by atoms with Crippen LogP contribution in [0.5, 0.6) is 11.5 Å². The molecule has 279 valence electrons. The minimum atomic E-state index is -3.97. The van der Waals surface area contributed by atoms with Crippen molar-refractivity contribution in [1.29, 1.82) is 0 Å². The topological polar surface area (TPSA) is 294 Å². The first-order valence-electron chi connectivity index (χ1n) is 14.6. The SMILES string of the molecule is C/C(O)=C(/N=Nc1cc(S([NH3+])(=O)=O)ccc1O)C(=O)Nc1ccccc1.CC(=O)C(=NNc1cc(S(N)(=O)=O)ccc1[O-])c1nc2ccccc2s1.[Co]. The van der Waals surface area contributed by atoms with Crippen LogP contribution in [0.25, 0.3) is 10.2 Å². The van der Waals surface area contributed by atoms with Crippen molar-refractivity contribution in [2.24, 2.45) is 20.5 Å². The van der Waals surface area contributed by atoms with Crippen LogP contribution in [0.2, 0.25) is 0 Å². The van der Waals surface area contributed by atoms with Gasteiger partial charge in [-0.3, -0.25) is 15.0 Å². The molecule has 0 aliphatic heterocycles. The van der Waals surface area contributed by atoms with Gasteiger partial charge in [-0.2, -0.15) is 13.5 Å². The number of carbonyl (C=O) groups is 2. The number of phenols is 1. The molecule has 0 saturated carbocycles. The average molecular weight is 826 g/mol. The minimum absolute atomic E-state index is 0. The number of aromatic hydroxyl groups is 1. The van der Waals surface area contributed by atoms with Gasteiger partial charge in [-0.15, -0.1) is 21.6 Å². The zero-order chi connectivity index (χ0) is 38.2. The number of aliphatic hydroxyl groups excluding tert-OH is 1. The number of amides is 1. The summed E-state index contributed by atoms with van der Waals surface area (Å²) in [6.45, 7) is 2.57. The van der Waals surface area contributed by atoms with Crippen molar-refractivity contribution in [3.05, 3.63) is 107 Å². The van der Waals surface area contributed by atoms with E-state index in [-0.39, 0.29) is 55.2 Å². The third-order valence-corrected chi connectivity index (χ3v) is 9.48. The van der Waals surface area contributed by atoms with E-state index in [9.17, 15) is 41.7 Å². The number of carbonyl (C=O) groups excluding carboxylic acids is 2. The van der Waals surface area contributed by atoms with Crippen LogP contribution < -0.4 is 26.1 Å². The number of ketones is 1. The van der Waals surface area contributed by atoms with Crippen molar-refractivity contribution in [2.45, 2.75) is 23.6 Å². The second kappa shape index (κ2) is 17.8. The number of para-hydroxylation sites is 2. The molecule has 1 aromatic heterocycles. The van der Waals surface area contributed by atoms with Crippen LogP contribution in [0.1, 0.15) is 18.9 Å². The molecule has 5 rings (SSSR count). The summed E-state index contributed by atoms with van der Waals surface area (Å²) in [5.41, 5.74) is 2.99. The maximum atomic E-state index is 12.2. The van der Waals surface area contributed by atoms with Gasteiger partial charge in [0.05, 0.1) is 15.1 Å². The number of hydrogen-bond acceptors (Lipinski definition) is 15. The number of benzene rings is 4. The molecular weight excluding hydrogens is 796 g/mol. The summed E-state index contributed by atoms with van der Waals surface area (Å²) in [5, 5.41) is 53.6. The molecule has 0 atom stereocenters. The fourth-order valence-corrected chi connectivity index (χ4v) is 6.12. The fraction of sp³-hybridized carbons (Fsp3) is 0.0625. The Balaban J connectivity index is 0.000000280. The van der Waals surface area contributed by atoms with E-state index in [1.165, 1.54) is 25.2 Å². The van der Waals surface area contributed by atoms with Crippen molar-refractivity contribution in [3.8, 4) is 11.5 Å². The third-order valence-electron chi connectivity index (χ3n) is 6.55. The Morgan fingerprint density at radius 3 is 2.17 bits per heavy atom. The molecule has 0 fully saturated rings. The minimum Gasteiger partial charge on any atom is -0.871 e. The predicted molar refractivity (Wildman–Crippen MR) is 191 cm³/mol. The van der Waals surface area contributed by atoms with Crippen molar-refractivity contribution in [2.75, 3.05) is 10.7 Å². The van der Waals surface area contributed by atoms with Crippen LogP contribution in [-0.2, 0) is 46.4 Å². The second-order valence-electron chi connectivity index (χ2n) is 10.5. The Kier molecular flexibility index (Phi) is 14.0. The second-order valence-corrected chi connectivity index (χ2v) is 14.8. The van der Waals surface area contributed by atoms with Crippen LogP contribution in [0.15, 0.2) is 128 Å². The average Bonchev–Trinajstić information content (AvgIpc) is 3.50. The van der Waals surface area contributed by atoms with E-state index in [2.05, 4.69) is 36.2 Å². The molecule has 0 unspecified atom stereocenters. The van der Waals surface area contributed by atoms with Gasteiger partial charge in [0.2, 0.25) is 10.0 Å². The van der Waals surface area contributed by atoms with Crippen molar-refractivity contribution >= 4 is 76.1 Å². The van der Waals surface area contributed by atoms with E-state index in [1.54, 1.807) is 30.3 Å². The summed E-state index contributed by atoms with van der Waals surface area (Å²) in [6.07, 6.45) is 0. The molecule has 5 aromatic rings. The first-order chi connectivity index (χ1) is 24.4. The number of aromatic nitrogens is 1. The number of hydrogen-bond donors (Lipinski definition) is 6. The summed E-state index contributed by atoms with van der Waals surface area (Å²) < 4.78 is 46.7. The predicted octanol–water partition coefficient (Wildman–Crippen LogP) is 3.25. The number of aliphatic hydroxyl groups is 1. The molecule has 1 radical (unpaired) electrons. The Bertz CT molecular complexity index is 2440. The Hall–Kier alpha value is -5.55. The summed E-state index contributed by atoms with van der Waals surface area (Å²) in [4.78, 5) is 28.1. The van der Waals surface area contributed by atoms with E-state index in [4.69, 9.17) is 5.14 Å². The molecular formula is C32H30CoN8O9S3. The number of hydrazone groups is 1. The Labute approximate surface area is 317 Å². The molecule has 0 aliphatic rings. The smallest absolute Gasteiger partial charge is 0.322 e. The number of thiazole rings is 1. The summed E-state index contributed by atoms with van der Waals surface area (Å²) >= 11 is 1.28. The van der Waals surface area contributed by atoms with Gasteiger partial charge >= 0.3 is 10.0 Å². The van der Waals surface area contributed by atoms with Crippen LogP contribution in [0.4, 0.5) is 17.1 Å². The molecule has 0 aliphatic carbocycles. The number of anilines is 2. The zero-order valence-electron chi connectivity index (χ0n) is 27.5. The molecule has 1 amide bonds. The van der Waals surface area contributed by atoms with Gasteiger partial charge in [0.15, 0.2) is 17.2 Å². The third kappa shape index (κ3) is 11.5. The van der Waals surface area contributed by atoms with Crippen LogP contribution in [0, 0.1) is 0 Å². The van der Waals surface area contributed by atoms with Crippen LogP contribution in [0.3, 0.4) is 0 Å². The molecule has 53 heavy (non-hydrogen) atoms. The Morgan fingerprint density at radius 1 is 0.925 bits per heavy atom. The van der Waals surface area contributed by atoms with Gasteiger partial charge < -0.3 is 20.6 Å². The van der Waals surface area contributed by atoms with Gasteiger partial charge in [0.25, 0.3) is 5.91 Å². The Morgan fingerprint density at radius 2 is 1.57 bits per heavy atom. The van der Waals surface area contributed by atoms with E-state index >= 15 is 0 Å². The largest absolute Gasteiger partial charge is 0.871 e. The molecule has 0 saturated heterocycles. The van der Waals surface area contributed by atoms with E-state index in [0.717, 1.165) is 46.6 Å². The van der Waals surface area contributed by atoms with Crippen molar-refractivity contribution < 1.29 is 63.7 Å². The maximum Gasteiger partial charge on any atom is 0.322 e. The van der Waals surface area contributed by atoms with Gasteiger partial charge in [0, 0.05) is 35.1 Å². The monoisotopic (exact) mass is 825 g/mol. The number of nitrogens with one attached hydrogen (secondary N) is 2. The molecule has 1 heterocycles. The quantitative estimate of drug-likeness (QED) is 0.0391. The van der Waals surface area contributed by atoms with E-state index in [0.29, 0.717) is 10.7 Å². The summed E-state index contributed by atoms with van der Waals surface area (Å²) in [5.74, 6) is -2.32. The first-order valence-corrected chi connectivity index (χ1v) is 18.6. The molecule has 4 aromatic carbocycles. The van der Waals surface area contributed by atoms with Gasteiger partial charge in [-0.05, 0) is 61.5 Å². The first kappa shape index (κ1) is 41.9. The van der Waals surface area contributed by atoms with Gasteiger partial charge in [0.1, 0.15) is 27.1 Å². The molecule has 21 heteroatoms. The van der Waals surface area contributed by atoms with Gasteiger partial charge in [-0.25, -0.2) is 23.7 Å². The maximum absolute atomic E-state index is 12.2.